The minimum atomic E-state index is -0.0719. The van der Waals surface area contributed by atoms with Crippen LogP contribution in [0.1, 0.15) is 26.5 Å². The number of hydrogen-bond acceptors (Lipinski definition) is 4. The van der Waals surface area contributed by atoms with E-state index in [2.05, 4.69) is 36.9 Å². The van der Waals surface area contributed by atoms with Crippen LogP contribution in [0.4, 0.5) is 0 Å². The largest absolute Gasteiger partial charge is 0.370 e. The highest BCUT2D eigenvalue weighted by Gasteiger charge is 2.31. The highest BCUT2D eigenvalue weighted by atomic mass is 16.5. The Labute approximate surface area is 109 Å². The van der Waals surface area contributed by atoms with Crippen molar-refractivity contribution in [1.82, 2.24) is 14.5 Å². The van der Waals surface area contributed by atoms with Crippen LogP contribution in [-0.2, 0) is 17.8 Å². The SMILES string of the molecule is CC1CN(Cc2cn(CCN)cn2)CC(C)(C)O1. The first kappa shape index (κ1) is 13.5. The van der Waals surface area contributed by atoms with Crippen LogP contribution in [0.15, 0.2) is 12.5 Å². The van der Waals surface area contributed by atoms with Crippen molar-refractivity contribution in [3.8, 4) is 0 Å². The number of aromatic nitrogens is 2. The number of imidazole rings is 1. The standard InChI is InChI=1S/C13H24N4O/c1-11-6-17(9-13(2,3)18-11)8-12-7-16(5-4-14)10-15-12/h7,10-11H,4-6,8-9,14H2,1-3H3. The first-order chi connectivity index (χ1) is 8.48. The molecule has 0 bridgehead atoms. The maximum atomic E-state index is 5.90. The predicted octanol–water partition coefficient (Wildman–Crippen LogP) is 0.841. The Balaban J connectivity index is 1.95. The zero-order chi connectivity index (χ0) is 13.2. The van der Waals surface area contributed by atoms with Crippen LogP contribution in [0, 0.1) is 0 Å². The maximum absolute atomic E-state index is 5.90. The van der Waals surface area contributed by atoms with Crippen LogP contribution in [0.2, 0.25) is 0 Å². The lowest BCUT2D eigenvalue weighted by atomic mass is 10.1. The van der Waals surface area contributed by atoms with Crippen molar-refractivity contribution in [1.29, 1.82) is 0 Å². The number of nitrogens with zero attached hydrogens (tertiary/aromatic N) is 3. The van der Waals surface area contributed by atoms with Gasteiger partial charge in [0.05, 0.1) is 23.7 Å². The molecule has 1 saturated heterocycles. The van der Waals surface area contributed by atoms with Crippen LogP contribution in [0.5, 0.6) is 0 Å². The normalized spacial score (nSPS) is 24.3. The molecule has 0 radical (unpaired) electrons. The lowest BCUT2D eigenvalue weighted by molar-refractivity contribution is -0.130. The van der Waals surface area contributed by atoms with Crippen LogP contribution in [-0.4, -0.2) is 45.8 Å². The number of nitrogens with two attached hydrogens (primary N) is 1. The molecule has 0 aliphatic carbocycles. The van der Waals surface area contributed by atoms with Gasteiger partial charge in [-0.15, -0.1) is 0 Å². The van der Waals surface area contributed by atoms with E-state index in [4.69, 9.17) is 10.5 Å². The van der Waals surface area contributed by atoms with Gasteiger partial charge in [0, 0.05) is 38.9 Å². The number of hydrogen-bond donors (Lipinski definition) is 1. The summed E-state index contributed by atoms with van der Waals surface area (Å²) < 4.78 is 7.95. The van der Waals surface area contributed by atoms with Crippen LogP contribution >= 0.6 is 0 Å². The summed E-state index contributed by atoms with van der Waals surface area (Å²) in [7, 11) is 0. The van der Waals surface area contributed by atoms with Gasteiger partial charge in [0.1, 0.15) is 0 Å². The van der Waals surface area contributed by atoms with Crippen molar-refractivity contribution >= 4 is 0 Å². The molecule has 1 aliphatic heterocycles. The monoisotopic (exact) mass is 252 g/mol. The molecule has 1 aliphatic rings. The number of morpholine rings is 1. The fraction of sp³-hybridized carbons (Fsp3) is 0.769. The van der Waals surface area contributed by atoms with Crippen molar-refractivity contribution in [2.75, 3.05) is 19.6 Å². The summed E-state index contributed by atoms with van der Waals surface area (Å²) >= 11 is 0. The van der Waals surface area contributed by atoms with Gasteiger partial charge in [-0.3, -0.25) is 4.90 Å². The average molecular weight is 252 g/mol. The molecular formula is C13H24N4O. The summed E-state index contributed by atoms with van der Waals surface area (Å²) in [5.74, 6) is 0. The summed E-state index contributed by atoms with van der Waals surface area (Å²) in [6, 6.07) is 0. The fourth-order valence-electron chi connectivity index (χ4n) is 2.69. The van der Waals surface area contributed by atoms with Gasteiger partial charge in [-0.25, -0.2) is 4.98 Å². The molecule has 2 rings (SSSR count). The average Bonchev–Trinajstić information content (AvgIpc) is 2.62. The van der Waals surface area contributed by atoms with Gasteiger partial charge in [-0.2, -0.15) is 0 Å². The van der Waals surface area contributed by atoms with E-state index >= 15 is 0 Å². The molecule has 2 heterocycles. The zero-order valence-electron chi connectivity index (χ0n) is 11.6. The Morgan fingerprint density at radius 3 is 3.00 bits per heavy atom. The van der Waals surface area contributed by atoms with Gasteiger partial charge in [-0.05, 0) is 20.8 Å². The Hall–Kier alpha value is -0.910. The molecule has 0 amide bonds. The van der Waals surface area contributed by atoms with E-state index in [1.165, 1.54) is 0 Å². The van der Waals surface area contributed by atoms with E-state index in [1.54, 1.807) is 0 Å². The molecule has 102 valence electrons. The summed E-state index contributed by atoms with van der Waals surface area (Å²) in [6.45, 7) is 10.7. The molecule has 1 atom stereocenters. The Bertz CT molecular complexity index is 388. The summed E-state index contributed by atoms with van der Waals surface area (Å²) in [4.78, 5) is 6.83. The third-order valence-electron chi connectivity index (χ3n) is 3.10. The number of ether oxygens (including phenoxy) is 1. The first-order valence-corrected chi connectivity index (χ1v) is 6.59. The molecule has 18 heavy (non-hydrogen) atoms. The number of rotatable bonds is 4. The molecule has 1 aromatic rings. The van der Waals surface area contributed by atoms with E-state index in [1.807, 2.05) is 10.9 Å². The second-order valence-electron chi connectivity index (χ2n) is 5.75. The van der Waals surface area contributed by atoms with E-state index < -0.39 is 0 Å². The minimum Gasteiger partial charge on any atom is -0.370 e. The van der Waals surface area contributed by atoms with Crippen LogP contribution in [0.3, 0.4) is 0 Å². The predicted molar refractivity (Wildman–Crippen MR) is 71.2 cm³/mol. The molecule has 0 aromatic carbocycles. The fourth-order valence-corrected chi connectivity index (χ4v) is 2.69. The molecule has 1 unspecified atom stereocenters. The molecule has 0 spiro atoms. The van der Waals surface area contributed by atoms with Gasteiger partial charge < -0.3 is 15.0 Å². The topological polar surface area (TPSA) is 56.3 Å². The van der Waals surface area contributed by atoms with Crippen molar-refractivity contribution in [2.45, 2.75) is 45.6 Å². The zero-order valence-corrected chi connectivity index (χ0v) is 11.6. The molecule has 1 aromatic heterocycles. The lowest BCUT2D eigenvalue weighted by Gasteiger charge is -2.41. The molecular weight excluding hydrogens is 228 g/mol. The highest BCUT2D eigenvalue weighted by Crippen LogP contribution is 2.21. The van der Waals surface area contributed by atoms with Gasteiger partial charge in [0.25, 0.3) is 0 Å². The summed E-state index contributed by atoms with van der Waals surface area (Å²) in [5, 5.41) is 0. The Morgan fingerprint density at radius 2 is 2.33 bits per heavy atom. The highest BCUT2D eigenvalue weighted by molar-refractivity contribution is 4.98. The van der Waals surface area contributed by atoms with Crippen molar-refractivity contribution in [3.63, 3.8) is 0 Å². The van der Waals surface area contributed by atoms with Gasteiger partial charge in [0.2, 0.25) is 0 Å². The smallest absolute Gasteiger partial charge is 0.0950 e. The van der Waals surface area contributed by atoms with Crippen molar-refractivity contribution in [2.24, 2.45) is 5.73 Å². The third kappa shape index (κ3) is 3.54. The minimum absolute atomic E-state index is 0.0719. The van der Waals surface area contributed by atoms with Crippen molar-refractivity contribution < 1.29 is 4.74 Å². The lowest BCUT2D eigenvalue weighted by Crippen LogP contribution is -2.51. The van der Waals surface area contributed by atoms with Gasteiger partial charge in [0.15, 0.2) is 0 Å². The quantitative estimate of drug-likeness (QED) is 0.863. The van der Waals surface area contributed by atoms with Crippen LogP contribution < -0.4 is 5.73 Å². The van der Waals surface area contributed by atoms with Gasteiger partial charge in [-0.1, -0.05) is 0 Å². The summed E-state index contributed by atoms with van der Waals surface area (Å²) in [5.41, 5.74) is 6.57. The van der Waals surface area contributed by atoms with E-state index in [-0.39, 0.29) is 11.7 Å². The second kappa shape index (κ2) is 5.38. The van der Waals surface area contributed by atoms with Crippen LogP contribution in [0.25, 0.3) is 0 Å². The Kier molecular flexibility index (Phi) is 4.04. The molecule has 2 N–H and O–H groups in total. The van der Waals surface area contributed by atoms with Crippen molar-refractivity contribution in [3.05, 3.63) is 18.2 Å². The van der Waals surface area contributed by atoms with E-state index in [0.29, 0.717) is 6.54 Å². The second-order valence-corrected chi connectivity index (χ2v) is 5.75. The van der Waals surface area contributed by atoms with Gasteiger partial charge >= 0.3 is 0 Å². The Morgan fingerprint density at radius 1 is 1.56 bits per heavy atom. The molecule has 1 fully saturated rings. The molecule has 5 heteroatoms. The maximum Gasteiger partial charge on any atom is 0.0950 e. The third-order valence-corrected chi connectivity index (χ3v) is 3.10. The summed E-state index contributed by atoms with van der Waals surface area (Å²) in [6.07, 6.45) is 4.22. The molecule has 0 saturated carbocycles. The molecule has 5 nitrogen and oxygen atoms in total. The first-order valence-electron chi connectivity index (χ1n) is 6.59. The van der Waals surface area contributed by atoms with E-state index in [9.17, 15) is 0 Å². The van der Waals surface area contributed by atoms with E-state index in [0.717, 1.165) is 31.9 Å².